The summed E-state index contributed by atoms with van der Waals surface area (Å²) in [6.45, 7) is 5.65. The van der Waals surface area contributed by atoms with Crippen molar-refractivity contribution in [3.05, 3.63) is 36.5 Å². The quantitative estimate of drug-likeness (QED) is 0.933. The molecule has 6 nitrogen and oxygen atoms in total. The molecule has 3 heterocycles. The van der Waals surface area contributed by atoms with Crippen molar-refractivity contribution in [2.45, 2.75) is 32.6 Å². The van der Waals surface area contributed by atoms with E-state index in [1.54, 1.807) is 12.5 Å². The van der Waals surface area contributed by atoms with E-state index < -0.39 is 0 Å². The number of carbonyl (C=O) groups is 1. The average Bonchev–Trinajstić information content (AvgIpc) is 3.04. The van der Waals surface area contributed by atoms with Crippen LogP contribution in [0.3, 0.4) is 0 Å². The highest BCUT2D eigenvalue weighted by Crippen LogP contribution is 2.33. The first kappa shape index (κ1) is 16.4. The minimum absolute atomic E-state index is 0.230. The van der Waals surface area contributed by atoms with Gasteiger partial charge in [-0.15, -0.1) is 0 Å². The number of nitrogens with zero attached hydrogens (tertiary/aromatic N) is 4. The van der Waals surface area contributed by atoms with Crippen molar-refractivity contribution in [1.82, 2.24) is 19.9 Å². The number of hydrogen-bond acceptors (Lipinski definition) is 5. The molecule has 1 saturated heterocycles. The van der Waals surface area contributed by atoms with Gasteiger partial charge in [-0.2, -0.15) is 0 Å². The highest BCUT2D eigenvalue weighted by molar-refractivity contribution is 5.77. The van der Waals surface area contributed by atoms with Crippen LogP contribution in [0.4, 0.5) is 5.82 Å². The van der Waals surface area contributed by atoms with Crippen LogP contribution < -0.4 is 5.73 Å². The van der Waals surface area contributed by atoms with E-state index in [2.05, 4.69) is 28.8 Å². The maximum absolute atomic E-state index is 12.3. The topological polar surface area (TPSA) is 85.0 Å². The molecule has 0 radical (unpaired) electrons. The van der Waals surface area contributed by atoms with E-state index in [1.807, 2.05) is 23.2 Å². The molecule has 126 valence electrons. The van der Waals surface area contributed by atoms with Crippen LogP contribution in [-0.2, 0) is 4.79 Å². The molecular weight excluding hydrogens is 302 g/mol. The van der Waals surface area contributed by atoms with Gasteiger partial charge in [-0.3, -0.25) is 4.79 Å². The van der Waals surface area contributed by atoms with Gasteiger partial charge in [-0.1, -0.05) is 13.8 Å². The summed E-state index contributed by atoms with van der Waals surface area (Å²) in [4.78, 5) is 27.0. The van der Waals surface area contributed by atoms with Gasteiger partial charge in [0, 0.05) is 43.4 Å². The van der Waals surface area contributed by atoms with Crippen LogP contribution in [0.1, 0.15) is 38.3 Å². The lowest BCUT2D eigenvalue weighted by molar-refractivity contribution is -0.130. The SMILES string of the molecule is CC(C)CC(=O)N1CC[C@H](c2ncncc2-c2ccnc(N)c2)C1. The Morgan fingerprint density at radius 3 is 3.00 bits per heavy atom. The predicted molar refractivity (Wildman–Crippen MR) is 93.1 cm³/mol. The first-order valence-electron chi connectivity index (χ1n) is 8.34. The summed E-state index contributed by atoms with van der Waals surface area (Å²) < 4.78 is 0. The summed E-state index contributed by atoms with van der Waals surface area (Å²) in [7, 11) is 0. The molecular formula is C18H23N5O. The van der Waals surface area contributed by atoms with Crippen LogP contribution in [0, 0.1) is 5.92 Å². The number of anilines is 1. The maximum Gasteiger partial charge on any atom is 0.222 e. The first-order chi connectivity index (χ1) is 11.5. The zero-order valence-corrected chi connectivity index (χ0v) is 14.1. The van der Waals surface area contributed by atoms with Crippen LogP contribution in [0.25, 0.3) is 11.1 Å². The second-order valence-corrected chi connectivity index (χ2v) is 6.71. The van der Waals surface area contributed by atoms with E-state index in [0.717, 1.165) is 36.3 Å². The van der Waals surface area contributed by atoms with Crippen molar-refractivity contribution >= 4 is 11.7 Å². The van der Waals surface area contributed by atoms with E-state index >= 15 is 0 Å². The van der Waals surface area contributed by atoms with Crippen molar-refractivity contribution in [3.8, 4) is 11.1 Å². The van der Waals surface area contributed by atoms with Crippen LogP contribution in [0.2, 0.25) is 0 Å². The monoisotopic (exact) mass is 325 g/mol. The van der Waals surface area contributed by atoms with Gasteiger partial charge < -0.3 is 10.6 Å². The predicted octanol–water partition coefficient (Wildman–Crippen LogP) is 2.48. The largest absolute Gasteiger partial charge is 0.384 e. The minimum atomic E-state index is 0.230. The third kappa shape index (κ3) is 3.53. The first-order valence-corrected chi connectivity index (χ1v) is 8.34. The third-order valence-corrected chi connectivity index (χ3v) is 4.35. The molecule has 1 atom stereocenters. The molecule has 3 rings (SSSR count). The molecule has 2 aromatic rings. The molecule has 1 fully saturated rings. The van der Waals surface area contributed by atoms with Gasteiger partial charge >= 0.3 is 0 Å². The number of likely N-dealkylation sites (tertiary alicyclic amines) is 1. The standard InChI is InChI=1S/C18H23N5O/c1-12(2)7-17(24)23-6-4-14(10-23)18-15(9-20-11-22-18)13-3-5-21-16(19)8-13/h3,5,8-9,11-12,14H,4,6-7,10H2,1-2H3,(H2,19,21)/t14-/m0/s1. The summed E-state index contributed by atoms with van der Waals surface area (Å²) in [6, 6.07) is 3.74. The molecule has 24 heavy (non-hydrogen) atoms. The van der Waals surface area contributed by atoms with Gasteiger partial charge in [-0.25, -0.2) is 15.0 Å². The van der Waals surface area contributed by atoms with Crippen LogP contribution in [0.5, 0.6) is 0 Å². The lowest BCUT2D eigenvalue weighted by Crippen LogP contribution is -2.29. The molecule has 0 spiro atoms. The second-order valence-electron chi connectivity index (χ2n) is 6.71. The normalized spacial score (nSPS) is 17.5. The van der Waals surface area contributed by atoms with Crippen molar-refractivity contribution in [2.24, 2.45) is 5.92 Å². The van der Waals surface area contributed by atoms with Crippen LogP contribution in [0.15, 0.2) is 30.9 Å². The molecule has 2 aromatic heterocycles. The Labute approximate surface area is 142 Å². The molecule has 0 aliphatic carbocycles. The number of pyridine rings is 1. The van der Waals surface area contributed by atoms with Gasteiger partial charge in [0.1, 0.15) is 12.1 Å². The fraction of sp³-hybridized carbons (Fsp3) is 0.444. The summed E-state index contributed by atoms with van der Waals surface area (Å²) in [5.74, 6) is 1.32. The van der Waals surface area contributed by atoms with Crippen molar-refractivity contribution in [1.29, 1.82) is 0 Å². The van der Waals surface area contributed by atoms with Crippen LogP contribution >= 0.6 is 0 Å². The zero-order chi connectivity index (χ0) is 17.1. The Balaban J connectivity index is 1.83. The second kappa shape index (κ2) is 6.95. The highest BCUT2D eigenvalue weighted by atomic mass is 16.2. The van der Waals surface area contributed by atoms with Crippen molar-refractivity contribution in [3.63, 3.8) is 0 Å². The number of nitrogen functional groups attached to an aromatic ring is 1. The minimum Gasteiger partial charge on any atom is -0.384 e. The number of amides is 1. The molecule has 0 saturated carbocycles. The molecule has 1 aliphatic rings. The lowest BCUT2D eigenvalue weighted by Gasteiger charge is -2.18. The van der Waals surface area contributed by atoms with Gasteiger partial charge in [-0.05, 0) is 30.0 Å². The Hall–Kier alpha value is -2.50. The molecule has 2 N–H and O–H groups in total. The fourth-order valence-electron chi connectivity index (χ4n) is 3.19. The Bertz CT molecular complexity index is 731. The Morgan fingerprint density at radius 2 is 2.25 bits per heavy atom. The lowest BCUT2D eigenvalue weighted by atomic mass is 9.96. The number of rotatable bonds is 4. The van der Waals surface area contributed by atoms with Gasteiger partial charge in [0.15, 0.2) is 0 Å². The smallest absolute Gasteiger partial charge is 0.222 e. The average molecular weight is 325 g/mol. The number of nitrogens with two attached hydrogens (primary N) is 1. The van der Waals surface area contributed by atoms with Gasteiger partial charge in [0.25, 0.3) is 0 Å². The zero-order valence-electron chi connectivity index (χ0n) is 14.1. The summed E-state index contributed by atoms with van der Waals surface area (Å²) >= 11 is 0. The van der Waals surface area contributed by atoms with E-state index in [-0.39, 0.29) is 11.8 Å². The maximum atomic E-state index is 12.3. The summed E-state index contributed by atoms with van der Waals surface area (Å²) in [6.07, 6.45) is 6.60. The third-order valence-electron chi connectivity index (χ3n) is 4.35. The summed E-state index contributed by atoms with van der Waals surface area (Å²) in [5.41, 5.74) is 8.72. The summed E-state index contributed by atoms with van der Waals surface area (Å²) in [5, 5.41) is 0. The van der Waals surface area contributed by atoms with Gasteiger partial charge in [0.05, 0.1) is 5.69 Å². The van der Waals surface area contributed by atoms with E-state index in [1.165, 1.54) is 0 Å². The molecule has 6 heteroatoms. The number of aromatic nitrogens is 3. The molecule has 0 bridgehead atoms. The van der Waals surface area contributed by atoms with Crippen molar-refractivity contribution in [2.75, 3.05) is 18.8 Å². The molecule has 1 amide bonds. The van der Waals surface area contributed by atoms with Crippen molar-refractivity contribution < 1.29 is 4.79 Å². The number of hydrogen-bond donors (Lipinski definition) is 1. The van der Waals surface area contributed by atoms with Crippen LogP contribution in [-0.4, -0.2) is 38.8 Å². The Morgan fingerprint density at radius 1 is 1.42 bits per heavy atom. The molecule has 1 aliphatic heterocycles. The Kier molecular flexibility index (Phi) is 4.74. The number of carbonyl (C=O) groups excluding carboxylic acids is 1. The van der Waals surface area contributed by atoms with E-state index in [0.29, 0.717) is 18.2 Å². The fourth-order valence-corrected chi connectivity index (χ4v) is 3.19. The van der Waals surface area contributed by atoms with E-state index in [4.69, 9.17) is 5.73 Å². The molecule has 0 aromatic carbocycles. The van der Waals surface area contributed by atoms with Gasteiger partial charge in [0.2, 0.25) is 5.91 Å². The highest BCUT2D eigenvalue weighted by Gasteiger charge is 2.30. The van der Waals surface area contributed by atoms with E-state index in [9.17, 15) is 4.79 Å². The molecule has 0 unspecified atom stereocenters.